The van der Waals surface area contributed by atoms with E-state index in [1.54, 1.807) is 0 Å². The van der Waals surface area contributed by atoms with Crippen molar-refractivity contribution < 1.29 is 40.6 Å². The summed E-state index contributed by atoms with van der Waals surface area (Å²) in [7, 11) is 0. The van der Waals surface area contributed by atoms with Gasteiger partial charge in [0.1, 0.15) is 0 Å². The Kier molecular flexibility index (Phi) is 5.88. The number of nitrogens with zero attached hydrogens (tertiary/aromatic N) is 3. The monoisotopic (exact) mass is 475 g/mol. The van der Waals surface area contributed by atoms with Crippen LogP contribution < -0.4 is 0 Å². The first-order chi connectivity index (χ1) is 11.5. The Morgan fingerprint density at radius 1 is 1.00 bits per heavy atom. The molecule has 0 heterocycles. The van der Waals surface area contributed by atoms with Gasteiger partial charge in [-0.25, -0.2) is 9.38 Å². The summed E-state index contributed by atoms with van der Waals surface area (Å²) in [6, 6.07) is -0.421. The fourth-order valence-electron chi connectivity index (χ4n) is 1.45. The number of hydrogen-bond acceptors (Lipinski definition) is 5. The molecule has 26 heavy (non-hydrogen) atoms. The Hall–Kier alpha value is -2.03. The number of aliphatic imine (C=N–C) groups is 1. The predicted molar refractivity (Wildman–Crippen MR) is 76.5 cm³/mol. The van der Waals surface area contributed by atoms with Gasteiger partial charge >= 0.3 is 28.3 Å². The third kappa shape index (κ3) is 4.38. The third-order valence-corrected chi connectivity index (χ3v) is 4.01. The van der Waals surface area contributed by atoms with E-state index >= 15 is 0 Å². The zero-order chi connectivity index (χ0) is 20.7. The van der Waals surface area contributed by atoms with Gasteiger partial charge in [0.15, 0.2) is 5.17 Å². The van der Waals surface area contributed by atoms with Gasteiger partial charge in [-0.05, 0) is 15.9 Å². The molecule has 1 aromatic rings. The number of benzene rings is 1. The summed E-state index contributed by atoms with van der Waals surface area (Å²) in [6.07, 6.45) is -11.0. The lowest BCUT2D eigenvalue weighted by Gasteiger charge is -2.19. The highest BCUT2D eigenvalue weighted by atomic mass is 79.9. The lowest BCUT2D eigenvalue weighted by molar-refractivity contribution is -0.392. The second-order valence-electron chi connectivity index (χ2n) is 4.35. The molecule has 0 saturated carbocycles. The van der Waals surface area contributed by atoms with E-state index < -0.39 is 54.6 Å². The Bertz CT molecular complexity index is 759. The van der Waals surface area contributed by atoms with E-state index in [0.717, 1.165) is 0 Å². The zero-order valence-corrected chi connectivity index (χ0v) is 13.9. The van der Waals surface area contributed by atoms with Gasteiger partial charge in [0.2, 0.25) is 5.69 Å². The van der Waals surface area contributed by atoms with E-state index in [-0.39, 0.29) is 12.1 Å². The average Bonchev–Trinajstić information content (AvgIpc) is 2.44. The average molecular weight is 476 g/mol. The summed E-state index contributed by atoms with van der Waals surface area (Å²) in [5.41, 5.74) is -6.83. The van der Waals surface area contributed by atoms with Crippen molar-refractivity contribution in [3.8, 4) is 0 Å². The minimum Gasteiger partial charge on any atom is -0.258 e. The zero-order valence-electron chi connectivity index (χ0n) is 11.5. The normalized spacial score (nSPS) is 15.5. The minimum absolute atomic E-state index is 0.211. The van der Waals surface area contributed by atoms with Crippen LogP contribution in [0.2, 0.25) is 0 Å². The fraction of sp³-hybridized carbons (Fsp3) is 0.300. The second-order valence-corrected chi connectivity index (χ2v) is 5.80. The molecule has 0 saturated heterocycles. The molecule has 144 valence electrons. The molecule has 0 spiro atoms. The molecule has 0 aromatic heterocycles. The standard InChI is InChI=1S/C10H2BrClF7N3O4/c11-8(13,10(17,18)19)7(12)20-6-4(21(23)24)1-3(9(14,15)16)2-5(6)22(25)26/h1-2H. The van der Waals surface area contributed by atoms with Gasteiger partial charge in [-0.3, -0.25) is 20.2 Å². The molecule has 0 aliphatic rings. The van der Waals surface area contributed by atoms with Crippen LogP contribution in [0.4, 0.5) is 47.8 Å². The molecule has 0 aliphatic carbocycles. The highest BCUT2D eigenvalue weighted by Gasteiger charge is 2.58. The Morgan fingerprint density at radius 3 is 1.65 bits per heavy atom. The lowest BCUT2D eigenvalue weighted by Crippen LogP contribution is -2.40. The van der Waals surface area contributed by atoms with Crippen LogP contribution in [0.5, 0.6) is 0 Å². The van der Waals surface area contributed by atoms with Crippen LogP contribution in [0.3, 0.4) is 0 Å². The summed E-state index contributed by atoms with van der Waals surface area (Å²) in [4.78, 5) is 21.3. The van der Waals surface area contributed by atoms with E-state index in [2.05, 4.69) is 4.99 Å². The maximum atomic E-state index is 13.6. The molecule has 0 N–H and O–H groups in total. The highest BCUT2D eigenvalue weighted by molar-refractivity contribution is 9.10. The lowest BCUT2D eigenvalue weighted by atomic mass is 10.1. The van der Waals surface area contributed by atoms with Gasteiger partial charge < -0.3 is 0 Å². The van der Waals surface area contributed by atoms with E-state index in [1.807, 2.05) is 0 Å². The Morgan fingerprint density at radius 2 is 1.38 bits per heavy atom. The van der Waals surface area contributed by atoms with Crippen molar-refractivity contribution >= 4 is 49.8 Å². The van der Waals surface area contributed by atoms with Crippen molar-refractivity contribution in [2.24, 2.45) is 4.99 Å². The van der Waals surface area contributed by atoms with Gasteiger partial charge in [-0.2, -0.15) is 26.3 Å². The first kappa shape index (κ1) is 22.0. The first-order valence-corrected chi connectivity index (χ1v) is 6.90. The van der Waals surface area contributed by atoms with Crippen LogP contribution in [-0.2, 0) is 6.18 Å². The third-order valence-electron chi connectivity index (χ3n) is 2.62. The van der Waals surface area contributed by atoms with Crippen molar-refractivity contribution in [3.63, 3.8) is 0 Å². The van der Waals surface area contributed by atoms with E-state index in [0.29, 0.717) is 0 Å². The second kappa shape index (κ2) is 6.94. The quantitative estimate of drug-likeness (QED) is 0.191. The molecule has 0 amide bonds. The van der Waals surface area contributed by atoms with Gasteiger partial charge in [0.05, 0.1) is 15.4 Å². The van der Waals surface area contributed by atoms with Gasteiger partial charge in [-0.1, -0.05) is 11.6 Å². The van der Waals surface area contributed by atoms with Crippen molar-refractivity contribution in [1.82, 2.24) is 0 Å². The maximum absolute atomic E-state index is 13.6. The highest BCUT2D eigenvalue weighted by Crippen LogP contribution is 2.46. The maximum Gasteiger partial charge on any atom is 0.439 e. The molecule has 16 heteroatoms. The molecule has 1 unspecified atom stereocenters. The summed E-state index contributed by atoms with van der Waals surface area (Å²) >= 11 is 6.54. The summed E-state index contributed by atoms with van der Waals surface area (Å²) < 4.78 is 84.7. The van der Waals surface area contributed by atoms with Crippen molar-refractivity contribution in [2.45, 2.75) is 16.9 Å². The molecule has 0 aliphatic heterocycles. The van der Waals surface area contributed by atoms with E-state index in [4.69, 9.17) is 11.6 Å². The molecular formula is C10H2BrClF7N3O4. The number of halogens is 9. The predicted octanol–water partition coefficient (Wildman–Crippen LogP) is 5.41. The number of nitro benzene ring substituents is 2. The molecule has 0 fully saturated rings. The summed E-state index contributed by atoms with van der Waals surface area (Å²) in [5.74, 6) is 0. The molecule has 0 bridgehead atoms. The van der Waals surface area contributed by atoms with E-state index in [1.165, 1.54) is 15.9 Å². The van der Waals surface area contributed by atoms with Crippen LogP contribution in [0.1, 0.15) is 5.56 Å². The topological polar surface area (TPSA) is 98.6 Å². The van der Waals surface area contributed by atoms with Crippen molar-refractivity contribution in [3.05, 3.63) is 37.9 Å². The molecule has 1 atom stereocenters. The van der Waals surface area contributed by atoms with E-state index in [9.17, 15) is 51.0 Å². The van der Waals surface area contributed by atoms with Crippen LogP contribution in [0, 0.1) is 20.2 Å². The number of nitro groups is 2. The largest absolute Gasteiger partial charge is 0.439 e. The fourth-order valence-corrected chi connectivity index (χ4v) is 1.73. The minimum atomic E-state index is -5.73. The van der Waals surface area contributed by atoms with Crippen LogP contribution in [0.25, 0.3) is 0 Å². The SMILES string of the molecule is O=[N+]([O-])c1cc(C(F)(F)F)cc([N+](=O)[O-])c1N=C(Cl)C(F)(Br)C(F)(F)F. The van der Waals surface area contributed by atoms with Crippen LogP contribution >= 0.6 is 27.5 Å². The Balaban J connectivity index is 3.83. The van der Waals surface area contributed by atoms with Gasteiger partial charge in [-0.15, -0.1) is 0 Å². The molecule has 1 aromatic carbocycles. The number of rotatable bonds is 4. The van der Waals surface area contributed by atoms with Crippen LogP contribution in [-0.4, -0.2) is 25.8 Å². The molecule has 0 radical (unpaired) electrons. The molecular weight excluding hydrogens is 474 g/mol. The molecule has 1 rings (SSSR count). The summed E-state index contributed by atoms with van der Waals surface area (Å²) in [6.45, 7) is 0. The Labute approximate surface area is 150 Å². The van der Waals surface area contributed by atoms with Crippen molar-refractivity contribution in [1.29, 1.82) is 0 Å². The van der Waals surface area contributed by atoms with Gasteiger partial charge in [0, 0.05) is 12.1 Å². The van der Waals surface area contributed by atoms with Crippen LogP contribution in [0.15, 0.2) is 17.1 Å². The van der Waals surface area contributed by atoms with Gasteiger partial charge in [0.25, 0.3) is 0 Å². The molecule has 7 nitrogen and oxygen atoms in total. The van der Waals surface area contributed by atoms with Crippen molar-refractivity contribution in [2.75, 3.05) is 0 Å². The first-order valence-electron chi connectivity index (χ1n) is 5.73. The summed E-state index contributed by atoms with van der Waals surface area (Å²) in [5, 5.41) is 19.7. The smallest absolute Gasteiger partial charge is 0.258 e. The number of alkyl halides is 8. The number of hydrogen-bond donors (Lipinski definition) is 0.